The summed E-state index contributed by atoms with van der Waals surface area (Å²) in [6, 6.07) is 9.73. The van der Waals surface area contributed by atoms with Crippen LogP contribution >= 0.6 is 0 Å². The van der Waals surface area contributed by atoms with Gasteiger partial charge >= 0.3 is 0 Å². The maximum atomic E-state index is 11.2. The third-order valence-electron chi connectivity index (χ3n) is 4.34. The third-order valence-corrected chi connectivity index (χ3v) is 4.34. The zero-order chi connectivity index (χ0) is 16.9. The van der Waals surface area contributed by atoms with Crippen molar-refractivity contribution in [2.75, 3.05) is 14.2 Å². The minimum absolute atomic E-state index is 0.00178. The van der Waals surface area contributed by atoms with Crippen molar-refractivity contribution >= 4 is 18.4 Å². The molecule has 1 unspecified atom stereocenters. The Balaban J connectivity index is 1.86. The largest absolute Gasteiger partial charge is 0.497 e. The maximum absolute atomic E-state index is 11.2. The summed E-state index contributed by atoms with van der Waals surface area (Å²) in [5, 5.41) is 0. The van der Waals surface area contributed by atoms with Gasteiger partial charge in [0.2, 0.25) is 0 Å². The lowest BCUT2D eigenvalue weighted by molar-refractivity contribution is -0.109. The van der Waals surface area contributed by atoms with E-state index in [1.165, 1.54) is 0 Å². The topological polar surface area (TPSA) is 48.4 Å². The van der Waals surface area contributed by atoms with Gasteiger partial charge in [-0.3, -0.25) is 4.98 Å². The van der Waals surface area contributed by atoms with Gasteiger partial charge < -0.3 is 14.3 Å². The molecule has 124 valence electrons. The predicted molar refractivity (Wildman–Crippen MR) is 94.5 cm³/mol. The summed E-state index contributed by atoms with van der Waals surface area (Å²) in [5.74, 6) is 1.50. The van der Waals surface area contributed by atoms with E-state index >= 15 is 0 Å². The molecule has 24 heavy (non-hydrogen) atoms. The van der Waals surface area contributed by atoms with Gasteiger partial charge in [0.25, 0.3) is 0 Å². The van der Waals surface area contributed by atoms with Gasteiger partial charge in [0.05, 0.1) is 19.9 Å². The van der Waals surface area contributed by atoms with Gasteiger partial charge in [0.1, 0.15) is 17.8 Å². The van der Waals surface area contributed by atoms with Crippen LogP contribution in [0, 0.1) is 0 Å². The number of pyridine rings is 1. The molecule has 0 saturated heterocycles. The zero-order valence-corrected chi connectivity index (χ0v) is 14.0. The number of benzene rings is 1. The molecule has 1 aromatic heterocycles. The van der Waals surface area contributed by atoms with Crippen molar-refractivity contribution in [3.05, 3.63) is 52.8 Å². The smallest absolute Gasteiger partial charge is 0.127 e. The Hall–Kier alpha value is -2.62. The molecule has 1 aliphatic carbocycles. The van der Waals surface area contributed by atoms with E-state index in [0.29, 0.717) is 0 Å². The van der Waals surface area contributed by atoms with Crippen LogP contribution in [-0.2, 0) is 11.2 Å². The van der Waals surface area contributed by atoms with Crippen molar-refractivity contribution in [2.24, 2.45) is 0 Å². The van der Waals surface area contributed by atoms with E-state index in [2.05, 4.69) is 0 Å². The summed E-state index contributed by atoms with van der Waals surface area (Å²) >= 11 is 0. The number of hydrogen-bond donors (Lipinski definition) is 0. The van der Waals surface area contributed by atoms with Crippen molar-refractivity contribution in [3.8, 4) is 11.5 Å². The first-order chi connectivity index (χ1) is 11.7. The number of methoxy groups -OCH3 is 2. The molecule has 1 aromatic carbocycles. The molecule has 2 aromatic rings. The fourth-order valence-electron chi connectivity index (χ4n) is 3.05. The lowest BCUT2D eigenvalue weighted by atomic mass is 9.86. The molecule has 1 aliphatic rings. The van der Waals surface area contributed by atoms with Gasteiger partial charge in [-0.15, -0.1) is 0 Å². The molecule has 0 amide bonds. The Kier molecular flexibility index (Phi) is 4.94. The van der Waals surface area contributed by atoms with E-state index in [4.69, 9.17) is 14.5 Å². The van der Waals surface area contributed by atoms with Crippen molar-refractivity contribution in [1.29, 1.82) is 0 Å². The second-order valence-corrected chi connectivity index (χ2v) is 5.89. The quantitative estimate of drug-likeness (QED) is 0.783. The number of carbonyl (C=O) groups excluding carboxylic acids is 1. The molecule has 0 aliphatic heterocycles. The SMILES string of the molecule is COc1cc(C=Cc2ccc3c(n2)CCCC3C=O)cc(OC)c1. The lowest BCUT2D eigenvalue weighted by Gasteiger charge is -2.20. The minimum Gasteiger partial charge on any atom is -0.497 e. The highest BCUT2D eigenvalue weighted by Gasteiger charge is 2.20. The Labute approximate surface area is 142 Å². The molecule has 1 atom stereocenters. The summed E-state index contributed by atoms with van der Waals surface area (Å²) in [7, 11) is 3.27. The molecule has 4 heteroatoms. The number of hydrogen-bond acceptors (Lipinski definition) is 4. The summed E-state index contributed by atoms with van der Waals surface area (Å²) in [6.07, 6.45) is 7.88. The fourth-order valence-corrected chi connectivity index (χ4v) is 3.05. The highest BCUT2D eigenvalue weighted by Crippen LogP contribution is 2.29. The van der Waals surface area contributed by atoms with Crippen LogP contribution in [-0.4, -0.2) is 25.5 Å². The van der Waals surface area contributed by atoms with Crippen molar-refractivity contribution < 1.29 is 14.3 Å². The van der Waals surface area contributed by atoms with Crippen molar-refractivity contribution in [2.45, 2.75) is 25.2 Å². The molecule has 0 radical (unpaired) electrons. The molecule has 0 bridgehead atoms. The minimum atomic E-state index is 0.00178. The number of aromatic nitrogens is 1. The molecule has 3 rings (SSSR count). The summed E-state index contributed by atoms with van der Waals surface area (Å²) in [4.78, 5) is 15.9. The average Bonchev–Trinajstić information content (AvgIpc) is 2.65. The Bertz CT molecular complexity index is 745. The second kappa shape index (κ2) is 7.30. The molecule has 4 nitrogen and oxygen atoms in total. The second-order valence-electron chi connectivity index (χ2n) is 5.89. The molecular weight excluding hydrogens is 302 g/mol. The van der Waals surface area contributed by atoms with Crippen LogP contribution in [0.15, 0.2) is 30.3 Å². The standard InChI is InChI=1S/C20H21NO3/c1-23-17-10-14(11-18(12-17)24-2)6-7-16-8-9-19-15(13-22)4-3-5-20(19)21-16/h6-13,15H,3-5H2,1-2H3. The zero-order valence-electron chi connectivity index (χ0n) is 14.0. The van der Waals surface area contributed by atoms with Gasteiger partial charge in [0.15, 0.2) is 0 Å². The number of rotatable bonds is 5. The van der Waals surface area contributed by atoms with E-state index in [1.807, 2.05) is 42.5 Å². The van der Waals surface area contributed by atoms with Crippen LogP contribution in [0.4, 0.5) is 0 Å². The Morgan fingerprint density at radius 3 is 2.50 bits per heavy atom. The Morgan fingerprint density at radius 1 is 1.08 bits per heavy atom. The van der Waals surface area contributed by atoms with E-state index in [-0.39, 0.29) is 5.92 Å². The predicted octanol–water partition coefficient (Wildman–Crippen LogP) is 3.89. The maximum Gasteiger partial charge on any atom is 0.127 e. The van der Waals surface area contributed by atoms with Gasteiger partial charge in [-0.25, -0.2) is 0 Å². The molecule has 0 N–H and O–H groups in total. The van der Waals surface area contributed by atoms with Crippen LogP contribution in [0.25, 0.3) is 12.2 Å². The van der Waals surface area contributed by atoms with Gasteiger partial charge in [-0.05, 0) is 54.7 Å². The summed E-state index contributed by atoms with van der Waals surface area (Å²) < 4.78 is 10.6. The van der Waals surface area contributed by atoms with Gasteiger partial charge in [-0.2, -0.15) is 0 Å². The van der Waals surface area contributed by atoms with E-state index in [9.17, 15) is 4.79 Å². The number of aldehydes is 1. The third kappa shape index (κ3) is 3.48. The van der Waals surface area contributed by atoms with Crippen LogP contribution in [0.1, 0.15) is 41.3 Å². The Morgan fingerprint density at radius 2 is 1.83 bits per heavy atom. The number of aryl methyl sites for hydroxylation is 1. The number of carbonyl (C=O) groups is 1. The average molecular weight is 323 g/mol. The van der Waals surface area contributed by atoms with Gasteiger partial charge in [-0.1, -0.05) is 12.1 Å². The van der Waals surface area contributed by atoms with Gasteiger partial charge in [0, 0.05) is 17.7 Å². The number of ether oxygens (including phenoxy) is 2. The summed E-state index contributed by atoms with van der Waals surface area (Å²) in [5.41, 5.74) is 4.00. The molecule has 1 heterocycles. The van der Waals surface area contributed by atoms with E-state index in [1.54, 1.807) is 14.2 Å². The lowest BCUT2D eigenvalue weighted by Crippen LogP contribution is -2.12. The highest BCUT2D eigenvalue weighted by atomic mass is 16.5. The molecule has 0 fully saturated rings. The first kappa shape index (κ1) is 16.2. The van der Waals surface area contributed by atoms with E-state index in [0.717, 1.165) is 59.6 Å². The number of fused-ring (bicyclic) bond motifs is 1. The van der Waals surface area contributed by atoms with Crippen molar-refractivity contribution in [1.82, 2.24) is 4.98 Å². The fraction of sp³-hybridized carbons (Fsp3) is 0.300. The normalized spacial score (nSPS) is 16.7. The van der Waals surface area contributed by atoms with Crippen molar-refractivity contribution in [3.63, 3.8) is 0 Å². The summed E-state index contributed by atoms with van der Waals surface area (Å²) in [6.45, 7) is 0. The molecule has 0 saturated carbocycles. The monoisotopic (exact) mass is 323 g/mol. The first-order valence-electron chi connectivity index (χ1n) is 8.09. The first-order valence-corrected chi connectivity index (χ1v) is 8.09. The molecule has 0 spiro atoms. The highest BCUT2D eigenvalue weighted by molar-refractivity contribution is 5.70. The molecular formula is C20H21NO3. The van der Waals surface area contributed by atoms with E-state index < -0.39 is 0 Å². The van der Waals surface area contributed by atoms with Crippen LogP contribution in [0.2, 0.25) is 0 Å². The van der Waals surface area contributed by atoms with Crippen LogP contribution < -0.4 is 9.47 Å². The number of nitrogens with zero attached hydrogens (tertiary/aromatic N) is 1. The van der Waals surface area contributed by atoms with Crippen LogP contribution in [0.5, 0.6) is 11.5 Å². The van der Waals surface area contributed by atoms with Crippen LogP contribution in [0.3, 0.4) is 0 Å².